The Bertz CT molecular complexity index is 411. The first-order valence-electron chi connectivity index (χ1n) is 7.39. The minimum Gasteiger partial charge on any atom is -0.492 e. The molecule has 0 aliphatic heterocycles. The summed E-state index contributed by atoms with van der Waals surface area (Å²) in [6.45, 7) is 6.04. The average molecular weight is 262 g/mol. The quantitative estimate of drug-likeness (QED) is 0.787. The fraction of sp³-hybridized carbons (Fsp3) is 0.625. The van der Waals surface area contributed by atoms with Gasteiger partial charge in [0, 0.05) is 18.3 Å². The van der Waals surface area contributed by atoms with Crippen molar-refractivity contribution in [3.8, 4) is 5.75 Å². The molecule has 106 valence electrons. The molecule has 1 saturated carbocycles. The zero-order valence-corrected chi connectivity index (χ0v) is 12.2. The van der Waals surface area contributed by atoms with Crippen LogP contribution in [0.25, 0.3) is 0 Å². The number of rotatable bonds is 5. The van der Waals surface area contributed by atoms with Crippen LogP contribution in [0.4, 0.5) is 11.4 Å². The van der Waals surface area contributed by atoms with Crippen molar-refractivity contribution in [2.24, 2.45) is 5.41 Å². The van der Waals surface area contributed by atoms with Gasteiger partial charge in [0.2, 0.25) is 0 Å². The molecule has 1 aromatic rings. The predicted molar refractivity (Wildman–Crippen MR) is 81.7 cm³/mol. The molecule has 0 amide bonds. The molecule has 3 nitrogen and oxygen atoms in total. The van der Waals surface area contributed by atoms with Gasteiger partial charge in [0.1, 0.15) is 5.75 Å². The number of benzene rings is 1. The molecule has 0 saturated heterocycles. The average Bonchev–Trinajstić information content (AvgIpc) is 2.41. The Hall–Kier alpha value is -1.38. The molecule has 0 spiro atoms. The molecule has 0 bridgehead atoms. The van der Waals surface area contributed by atoms with Gasteiger partial charge in [-0.05, 0) is 37.3 Å². The molecule has 0 radical (unpaired) electrons. The lowest BCUT2D eigenvalue weighted by Gasteiger charge is -2.34. The van der Waals surface area contributed by atoms with Crippen LogP contribution in [0.1, 0.15) is 46.0 Å². The fourth-order valence-electron chi connectivity index (χ4n) is 2.82. The number of anilines is 2. The van der Waals surface area contributed by atoms with Crippen molar-refractivity contribution in [1.29, 1.82) is 0 Å². The van der Waals surface area contributed by atoms with E-state index in [0.29, 0.717) is 17.7 Å². The molecular formula is C16H26N2O. The number of nitrogens with two attached hydrogens (primary N) is 1. The predicted octanol–water partition coefficient (Wildman–Crippen LogP) is 4.05. The Morgan fingerprint density at radius 1 is 1.26 bits per heavy atom. The summed E-state index contributed by atoms with van der Waals surface area (Å²) in [6.07, 6.45) is 6.78. The van der Waals surface area contributed by atoms with Crippen LogP contribution in [0.5, 0.6) is 5.75 Å². The van der Waals surface area contributed by atoms with Gasteiger partial charge in [-0.3, -0.25) is 0 Å². The summed E-state index contributed by atoms with van der Waals surface area (Å²) in [7, 11) is 0. The summed E-state index contributed by atoms with van der Waals surface area (Å²) in [5.74, 6) is 0.779. The van der Waals surface area contributed by atoms with Crippen LogP contribution in [0.15, 0.2) is 18.2 Å². The minimum atomic E-state index is 0.436. The monoisotopic (exact) mass is 262 g/mol. The molecule has 1 aliphatic carbocycles. The maximum absolute atomic E-state index is 5.89. The van der Waals surface area contributed by atoms with E-state index in [1.54, 1.807) is 0 Å². The summed E-state index contributed by atoms with van der Waals surface area (Å²) in [5, 5.41) is 3.55. The number of nitrogen functional groups attached to an aromatic ring is 1. The first kappa shape index (κ1) is 14.0. The second-order valence-corrected chi connectivity index (χ2v) is 5.91. The zero-order chi connectivity index (χ0) is 13.7. The smallest absolute Gasteiger partial charge is 0.144 e. The minimum absolute atomic E-state index is 0.436. The lowest BCUT2D eigenvalue weighted by molar-refractivity contribution is 0.233. The maximum Gasteiger partial charge on any atom is 0.144 e. The molecule has 2 rings (SSSR count). The molecule has 1 aliphatic rings. The molecule has 3 N–H and O–H groups in total. The van der Waals surface area contributed by atoms with Crippen molar-refractivity contribution < 1.29 is 4.74 Å². The molecule has 19 heavy (non-hydrogen) atoms. The van der Waals surface area contributed by atoms with Crippen LogP contribution >= 0.6 is 0 Å². The Labute approximate surface area is 116 Å². The van der Waals surface area contributed by atoms with Gasteiger partial charge < -0.3 is 15.8 Å². The van der Waals surface area contributed by atoms with E-state index in [4.69, 9.17) is 10.5 Å². The largest absolute Gasteiger partial charge is 0.492 e. The zero-order valence-electron chi connectivity index (χ0n) is 12.2. The van der Waals surface area contributed by atoms with Crippen molar-refractivity contribution in [2.45, 2.75) is 46.0 Å². The first-order valence-corrected chi connectivity index (χ1v) is 7.39. The van der Waals surface area contributed by atoms with Crippen molar-refractivity contribution >= 4 is 11.4 Å². The normalized spacial score (nSPS) is 18.0. The Kier molecular flexibility index (Phi) is 4.56. The van der Waals surface area contributed by atoms with Crippen molar-refractivity contribution in [1.82, 2.24) is 0 Å². The van der Waals surface area contributed by atoms with E-state index in [0.717, 1.165) is 18.0 Å². The number of ether oxygens (including phenoxy) is 1. The van der Waals surface area contributed by atoms with Crippen molar-refractivity contribution in [3.05, 3.63) is 18.2 Å². The van der Waals surface area contributed by atoms with Gasteiger partial charge in [-0.1, -0.05) is 26.2 Å². The topological polar surface area (TPSA) is 47.3 Å². The van der Waals surface area contributed by atoms with E-state index in [1.807, 2.05) is 25.1 Å². The molecule has 1 fully saturated rings. The van der Waals surface area contributed by atoms with Crippen LogP contribution in [0.3, 0.4) is 0 Å². The van der Waals surface area contributed by atoms with Gasteiger partial charge in [-0.2, -0.15) is 0 Å². The second kappa shape index (κ2) is 6.18. The highest BCUT2D eigenvalue weighted by atomic mass is 16.5. The van der Waals surface area contributed by atoms with Crippen LogP contribution in [-0.2, 0) is 0 Å². The van der Waals surface area contributed by atoms with E-state index < -0.39 is 0 Å². The van der Waals surface area contributed by atoms with Crippen LogP contribution in [0.2, 0.25) is 0 Å². The van der Waals surface area contributed by atoms with Crippen molar-refractivity contribution in [3.63, 3.8) is 0 Å². The van der Waals surface area contributed by atoms with Gasteiger partial charge in [0.15, 0.2) is 0 Å². The Morgan fingerprint density at radius 2 is 2.00 bits per heavy atom. The Balaban J connectivity index is 1.97. The maximum atomic E-state index is 5.89. The summed E-state index contributed by atoms with van der Waals surface area (Å²) < 4.78 is 5.53. The van der Waals surface area contributed by atoms with Gasteiger partial charge >= 0.3 is 0 Å². The van der Waals surface area contributed by atoms with E-state index in [2.05, 4.69) is 12.2 Å². The van der Waals surface area contributed by atoms with Crippen LogP contribution < -0.4 is 15.8 Å². The molecule has 0 unspecified atom stereocenters. The lowest BCUT2D eigenvalue weighted by Crippen LogP contribution is -2.28. The van der Waals surface area contributed by atoms with E-state index in [-0.39, 0.29) is 0 Å². The Morgan fingerprint density at radius 3 is 2.68 bits per heavy atom. The third-order valence-electron chi connectivity index (χ3n) is 4.09. The van der Waals surface area contributed by atoms with Crippen molar-refractivity contribution in [2.75, 3.05) is 24.2 Å². The molecular weight excluding hydrogens is 236 g/mol. The molecule has 3 heteroatoms. The van der Waals surface area contributed by atoms with Crippen LogP contribution in [0, 0.1) is 5.41 Å². The second-order valence-electron chi connectivity index (χ2n) is 5.91. The van der Waals surface area contributed by atoms with Gasteiger partial charge in [0.25, 0.3) is 0 Å². The standard InChI is InChI=1S/C16H26N2O/c1-3-19-15-11-13(7-8-14(15)17)18-12-16(2)9-5-4-6-10-16/h7-8,11,18H,3-6,9-10,12,17H2,1-2H3. The molecule has 1 aromatic carbocycles. The summed E-state index contributed by atoms with van der Waals surface area (Å²) in [6, 6.07) is 5.95. The summed E-state index contributed by atoms with van der Waals surface area (Å²) in [4.78, 5) is 0. The third-order valence-corrected chi connectivity index (χ3v) is 4.09. The highest BCUT2D eigenvalue weighted by Crippen LogP contribution is 2.36. The van der Waals surface area contributed by atoms with E-state index in [1.165, 1.54) is 32.1 Å². The van der Waals surface area contributed by atoms with Gasteiger partial charge in [-0.25, -0.2) is 0 Å². The van der Waals surface area contributed by atoms with Gasteiger partial charge in [-0.15, -0.1) is 0 Å². The van der Waals surface area contributed by atoms with E-state index in [9.17, 15) is 0 Å². The number of nitrogens with one attached hydrogen (secondary N) is 1. The molecule has 0 aromatic heterocycles. The number of hydrogen-bond acceptors (Lipinski definition) is 3. The lowest BCUT2D eigenvalue weighted by atomic mass is 9.76. The molecule has 0 heterocycles. The first-order chi connectivity index (χ1) is 9.13. The number of hydrogen-bond donors (Lipinski definition) is 2. The third kappa shape index (κ3) is 3.79. The summed E-state index contributed by atoms with van der Waals surface area (Å²) >= 11 is 0. The van der Waals surface area contributed by atoms with Crippen LogP contribution in [-0.4, -0.2) is 13.2 Å². The SMILES string of the molecule is CCOc1cc(NCC2(C)CCCCC2)ccc1N. The highest BCUT2D eigenvalue weighted by Gasteiger charge is 2.26. The van der Waals surface area contributed by atoms with E-state index >= 15 is 0 Å². The van der Waals surface area contributed by atoms with Gasteiger partial charge in [0.05, 0.1) is 12.3 Å². The fourth-order valence-corrected chi connectivity index (χ4v) is 2.82. The highest BCUT2D eigenvalue weighted by molar-refractivity contribution is 5.61. The molecule has 0 atom stereocenters. The summed E-state index contributed by atoms with van der Waals surface area (Å²) in [5.41, 5.74) is 8.13.